The van der Waals surface area contributed by atoms with Crippen LogP contribution in [0, 0.1) is 22.7 Å². The zero-order valence-corrected chi connectivity index (χ0v) is 14.4. The van der Waals surface area contributed by atoms with Crippen molar-refractivity contribution in [2.45, 2.75) is 36.0 Å². The Bertz CT molecular complexity index is 866. The summed E-state index contributed by atoms with van der Waals surface area (Å²) >= 11 is 1.46. The number of carbonyl (C=O) groups is 1. The van der Waals surface area contributed by atoms with Gasteiger partial charge in [-0.15, -0.1) is 0 Å². The summed E-state index contributed by atoms with van der Waals surface area (Å²) in [4.78, 5) is 12.7. The molecule has 0 saturated heterocycles. The van der Waals surface area contributed by atoms with Crippen molar-refractivity contribution in [3.8, 4) is 12.1 Å². The van der Waals surface area contributed by atoms with Crippen LogP contribution in [0.1, 0.15) is 47.8 Å². The number of rotatable bonds is 3. The molecule has 0 fully saturated rings. The summed E-state index contributed by atoms with van der Waals surface area (Å²) in [7, 11) is 0. The van der Waals surface area contributed by atoms with Crippen molar-refractivity contribution >= 4 is 17.7 Å². The van der Waals surface area contributed by atoms with Crippen LogP contribution in [0.3, 0.4) is 0 Å². The molecule has 1 N–H and O–H groups in total. The van der Waals surface area contributed by atoms with E-state index in [1.807, 2.05) is 20.8 Å². The summed E-state index contributed by atoms with van der Waals surface area (Å²) in [5.41, 5.74) is 1.73. The summed E-state index contributed by atoms with van der Waals surface area (Å²) in [6.07, 6.45) is 0. The van der Waals surface area contributed by atoms with Gasteiger partial charge in [0.15, 0.2) is 0 Å². The fraction of sp³-hybridized carbons (Fsp3) is 0.211. The molecule has 24 heavy (non-hydrogen) atoms. The van der Waals surface area contributed by atoms with Crippen LogP contribution in [-0.2, 0) is 5.41 Å². The van der Waals surface area contributed by atoms with E-state index in [1.54, 1.807) is 36.4 Å². The van der Waals surface area contributed by atoms with E-state index in [4.69, 9.17) is 5.11 Å². The number of hydrogen-bond donors (Lipinski definition) is 1. The fourth-order valence-electron chi connectivity index (χ4n) is 2.23. The molecular formula is C19H16N2O2S. The molecule has 0 aliphatic carbocycles. The van der Waals surface area contributed by atoms with Gasteiger partial charge in [0.05, 0.1) is 16.7 Å². The first-order valence-electron chi connectivity index (χ1n) is 7.26. The van der Waals surface area contributed by atoms with Crippen LogP contribution < -0.4 is 0 Å². The van der Waals surface area contributed by atoms with E-state index in [-0.39, 0.29) is 11.0 Å². The summed E-state index contributed by atoms with van der Waals surface area (Å²) in [5.74, 6) is -0.966. The SMILES string of the molecule is CC(C)(C)c1cc(C#N)c(C#N)cc1Sc1ccc(C(=O)O)cc1. The van der Waals surface area contributed by atoms with Gasteiger partial charge in [-0.2, -0.15) is 10.5 Å². The van der Waals surface area contributed by atoms with E-state index < -0.39 is 5.97 Å². The minimum absolute atomic E-state index is 0.192. The first-order valence-corrected chi connectivity index (χ1v) is 8.08. The molecule has 0 unspecified atom stereocenters. The Balaban J connectivity index is 2.50. The predicted molar refractivity (Wildman–Crippen MR) is 92.1 cm³/mol. The van der Waals surface area contributed by atoms with E-state index >= 15 is 0 Å². The van der Waals surface area contributed by atoms with Gasteiger partial charge in [-0.3, -0.25) is 0 Å². The van der Waals surface area contributed by atoms with Crippen LogP contribution in [0.15, 0.2) is 46.2 Å². The third-order valence-corrected chi connectivity index (χ3v) is 4.56. The number of nitriles is 2. The van der Waals surface area contributed by atoms with Gasteiger partial charge in [-0.1, -0.05) is 32.5 Å². The molecule has 120 valence electrons. The van der Waals surface area contributed by atoms with E-state index in [0.29, 0.717) is 11.1 Å². The molecule has 2 aromatic carbocycles. The number of benzene rings is 2. The highest BCUT2D eigenvalue weighted by Crippen LogP contribution is 2.38. The molecule has 0 heterocycles. The number of hydrogen-bond acceptors (Lipinski definition) is 4. The summed E-state index contributed by atoms with van der Waals surface area (Å²) in [6, 6.07) is 14.2. The van der Waals surface area contributed by atoms with Gasteiger partial charge in [0, 0.05) is 9.79 Å². The van der Waals surface area contributed by atoms with Crippen LogP contribution in [-0.4, -0.2) is 11.1 Å². The molecule has 0 bridgehead atoms. The van der Waals surface area contributed by atoms with Crippen molar-refractivity contribution in [3.05, 3.63) is 58.7 Å². The van der Waals surface area contributed by atoms with E-state index in [2.05, 4.69) is 12.1 Å². The summed E-state index contributed by atoms with van der Waals surface area (Å²) in [6.45, 7) is 6.15. The zero-order chi connectivity index (χ0) is 17.9. The standard InChI is InChI=1S/C19H16N2O2S/c1-19(2,3)16-8-13(10-20)14(11-21)9-17(16)24-15-6-4-12(5-7-15)18(22)23/h4-9H,1-3H3,(H,22,23). The molecule has 0 spiro atoms. The molecule has 0 amide bonds. The number of carboxylic acid groups (broad SMARTS) is 1. The second-order valence-electron chi connectivity index (χ2n) is 6.30. The zero-order valence-electron chi connectivity index (χ0n) is 13.6. The van der Waals surface area contributed by atoms with Gasteiger partial charge in [0.2, 0.25) is 0 Å². The molecule has 0 aromatic heterocycles. The lowest BCUT2D eigenvalue weighted by Crippen LogP contribution is -2.13. The molecule has 0 radical (unpaired) electrons. The average Bonchev–Trinajstić information content (AvgIpc) is 2.53. The molecule has 0 saturated carbocycles. The minimum Gasteiger partial charge on any atom is -0.478 e. The second kappa shape index (κ2) is 6.78. The summed E-state index contributed by atoms with van der Waals surface area (Å²) in [5, 5.41) is 27.5. The molecule has 0 atom stereocenters. The number of carboxylic acids is 1. The second-order valence-corrected chi connectivity index (χ2v) is 7.41. The van der Waals surface area contributed by atoms with Crippen molar-refractivity contribution in [1.82, 2.24) is 0 Å². The monoisotopic (exact) mass is 336 g/mol. The van der Waals surface area contributed by atoms with Crippen LogP contribution in [0.4, 0.5) is 0 Å². The van der Waals surface area contributed by atoms with Crippen molar-refractivity contribution in [2.75, 3.05) is 0 Å². The lowest BCUT2D eigenvalue weighted by Gasteiger charge is -2.23. The molecule has 0 aliphatic heterocycles. The van der Waals surface area contributed by atoms with Crippen LogP contribution in [0.5, 0.6) is 0 Å². The Morgan fingerprint density at radius 1 is 1.04 bits per heavy atom. The Kier molecular flexibility index (Phi) is 4.97. The van der Waals surface area contributed by atoms with E-state index in [0.717, 1.165) is 15.4 Å². The molecule has 2 aromatic rings. The van der Waals surface area contributed by atoms with Gasteiger partial charge in [0.1, 0.15) is 12.1 Å². The van der Waals surface area contributed by atoms with Gasteiger partial charge < -0.3 is 5.11 Å². The van der Waals surface area contributed by atoms with Crippen molar-refractivity contribution in [1.29, 1.82) is 10.5 Å². The molecule has 4 nitrogen and oxygen atoms in total. The van der Waals surface area contributed by atoms with Crippen molar-refractivity contribution < 1.29 is 9.90 Å². The van der Waals surface area contributed by atoms with Gasteiger partial charge in [-0.25, -0.2) is 4.79 Å². The minimum atomic E-state index is -0.966. The number of aromatic carboxylic acids is 1. The number of nitrogens with zero attached hydrogens (tertiary/aromatic N) is 2. The first kappa shape index (κ1) is 17.6. The third-order valence-electron chi connectivity index (χ3n) is 3.50. The molecule has 5 heteroatoms. The lowest BCUT2D eigenvalue weighted by atomic mass is 9.85. The van der Waals surface area contributed by atoms with Gasteiger partial charge in [-0.05, 0) is 47.4 Å². The normalized spacial score (nSPS) is 10.7. The maximum Gasteiger partial charge on any atom is 0.335 e. The maximum absolute atomic E-state index is 10.9. The van der Waals surface area contributed by atoms with E-state index in [1.165, 1.54) is 11.8 Å². The van der Waals surface area contributed by atoms with Crippen molar-refractivity contribution in [2.24, 2.45) is 0 Å². The van der Waals surface area contributed by atoms with Gasteiger partial charge >= 0.3 is 5.97 Å². The highest BCUT2D eigenvalue weighted by atomic mass is 32.2. The van der Waals surface area contributed by atoms with Gasteiger partial charge in [0.25, 0.3) is 0 Å². The van der Waals surface area contributed by atoms with Crippen LogP contribution in [0.25, 0.3) is 0 Å². The topological polar surface area (TPSA) is 84.9 Å². The van der Waals surface area contributed by atoms with Crippen LogP contribution >= 0.6 is 11.8 Å². The molecular weight excluding hydrogens is 320 g/mol. The fourth-order valence-corrected chi connectivity index (χ4v) is 3.41. The molecule has 0 aliphatic rings. The largest absolute Gasteiger partial charge is 0.478 e. The van der Waals surface area contributed by atoms with Crippen molar-refractivity contribution in [3.63, 3.8) is 0 Å². The third kappa shape index (κ3) is 3.76. The summed E-state index contributed by atoms with van der Waals surface area (Å²) < 4.78 is 0. The predicted octanol–water partition coefficient (Wildman–Crippen LogP) is 4.58. The quantitative estimate of drug-likeness (QED) is 0.887. The maximum atomic E-state index is 10.9. The molecule has 2 rings (SSSR count). The Labute approximate surface area is 145 Å². The Hall–Kier alpha value is -2.76. The van der Waals surface area contributed by atoms with E-state index in [9.17, 15) is 15.3 Å². The first-order chi connectivity index (χ1) is 11.3. The average molecular weight is 336 g/mol. The Morgan fingerprint density at radius 3 is 2.04 bits per heavy atom. The highest BCUT2D eigenvalue weighted by molar-refractivity contribution is 7.99. The lowest BCUT2D eigenvalue weighted by molar-refractivity contribution is 0.0697. The highest BCUT2D eigenvalue weighted by Gasteiger charge is 2.21. The van der Waals surface area contributed by atoms with Crippen LogP contribution in [0.2, 0.25) is 0 Å². The smallest absolute Gasteiger partial charge is 0.335 e. The Morgan fingerprint density at radius 2 is 1.58 bits per heavy atom.